The molecule has 0 saturated carbocycles. The van der Waals surface area contributed by atoms with Crippen molar-refractivity contribution in [1.82, 2.24) is 9.80 Å². The maximum atomic E-state index is 12.8. The molecule has 2 amide bonds. The van der Waals surface area contributed by atoms with Crippen molar-refractivity contribution in [3.8, 4) is 0 Å². The minimum Gasteiger partial charge on any atom is -0.375 e. The summed E-state index contributed by atoms with van der Waals surface area (Å²) >= 11 is 5.55. The van der Waals surface area contributed by atoms with E-state index < -0.39 is 22.7 Å². The molecule has 6 nitrogen and oxygen atoms in total. The number of methoxy groups -OCH3 is 1. The Morgan fingerprint density at radius 3 is 2.46 bits per heavy atom. The van der Waals surface area contributed by atoms with Crippen molar-refractivity contribution < 1.29 is 27.5 Å². The van der Waals surface area contributed by atoms with Gasteiger partial charge in [-0.3, -0.25) is 14.5 Å². The minimum atomic E-state index is -4.59. The first-order valence-corrected chi connectivity index (χ1v) is 8.24. The van der Waals surface area contributed by atoms with E-state index in [4.69, 9.17) is 16.3 Å². The largest absolute Gasteiger partial charge is 0.417 e. The van der Waals surface area contributed by atoms with Gasteiger partial charge in [-0.25, -0.2) is 0 Å². The van der Waals surface area contributed by atoms with Crippen LogP contribution in [0.5, 0.6) is 0 Å². The summed E-state index contributed by atoms with van der Waals surface area (Å²) in [6.07, 6.45) is -4.59. The number of alkyl halides is 3. The normalized spacial score (nSPS) is 15.8. The molecule has 1 saturated heterocycles. The van der Waals surface area contributed by atoms with Crippen molar-refractivity contribution in [1.29, 1.82) is 0 Å². The number of benzene rings is 1. The van der Waals surface area contributed by atoms with Crippen molar-refractivity contribution in [2.24, 2.45) is 0 Å². The fourth-order valence-electron chi connectivity index (χ4n) is 2.59. The zero-order valence-corrected chi connectivity index (χ0v) is 14.9. The maximum absolute atomic E-state index is 12.8. The second-order valence-corrected chi connectivity index (χ2v) is 6.24. The number of carbonyl (C=O) groups is 2. The monoisotopic (exact) mass is 393 g/mol. The highest BCUT2D eigenvalue weighted by Crippen LogP contribution is 2.36. The van der Waals surface area contributed by atoms with Crippen LogP contribution in [0, 0.1) is 0 Å². The Hall–Kier alpha value is -1.84. The Morgan fingerprint density at radius 1 is 1.23 bits per heavy atom. The van der Waals surface area contributed by atoms with E-state index in [0.29, 0.717) is 26.2 Å². The molecular formula is C16H19ClF3N3O3. The quantitative estimate of drug-likeness (QED) is 0.832. The smallest absolute Gasteiger partial charge is 0.375 e. The first-order chi connectivity index (χ1) is 12.2. The lowest BCUT2D eigenvalue weighted by Crippen LogP contribution is -2.51. The third kappa shape index (κ3) is 5.58. The number of carbonyl (C=O) groups excluding carboxylic acids is 2. The van der Waals surface area contributed by atoms with Crippen molar-refractivity contribution in [2.75, 3.05) is 51.8 Å². The molecule has 1 N–H and O–H groups in total. The van der Waals surface area contributed by atoms with Gasteiger partial charge in [0, 0.05) is 39.0 Å². The molecule has 1 aliphatic heterocycles. The van der Waals surface area contributed by atoms with E-state index in [2.05, 4.69) is 5.32 Å². The van der Waals surface area contributed by atoms with Crippen molar-refractivity contribution in [3.63, 3.8) is 0 Å². The fourth-order valence-corrected chi connectivity index (χ4v) is 2.82. The molecule has 2 rings (SSSR count). The highest BCUT2D eigenvalue weighted by atomic mass is 35.5. The molecule has 1 aromatic carbocycles. The molecule has 0 spiro atoms. The number of ether oxygens (including phenoxy) is 1. The van der Waals surface area contributed by atoms with E-state index >= 15 is 0 Å². The minimum absolute atomic E-state index is 0.0125. The molecule has 144 valence electrons. The lowest BCUT2D eigenvalue weighted by molar-refractivity contribution is -0.138. The number of rotatable bonds is 5. The maximum Gasteiger partial charge on any atom is 0.417 e. The number of amides is 2. The molecule has 0 aliphatic carbocycles. The van der Waals surface area contributed by atoms with Crippen molar-refractivity contribution in [2.45, 2.75) is 6.18 Å². The predicted octanol–water partition coefficient (Wildman–Crippen LogP) is 2.09. The van der Waals surface area contributed by atoms with E-state index in [0.717, 1.165) is 12.1 Å². The second-order valence-electron chi connectivity index (χ2n) is 5.83. The van der Waals surface area contributed by atoms with Crippen molar-refractivity contribution in [3.05, 3.63) is 28.8 Å². The molecule has 0 radical (unpaired) electrons. The highest BCUT2D eigenvalue weighted by Gasteiger charge is 2.33. The van der Waals surface area contributed by atoms with Gasteiger partial charge < -0.3 is 15.0 Å². The van der Waals surface area contributed by atoms with Gasteiger partial charge in [-0.2, -0.15) is 13.2 Å². The van der Waals surface area contributed by atoms with Gasteiger partial charge >= 0.3 is 6.18 Å². The van der Waals surface area contributed by atoms with Crippen LogP contribution < -0.4 is 5.32 Å². The Morgan fingerprint density at radius 2 is 1.88 bits per heavy atom. The van der Waals surface area contributed by atoms with Crippen LogP contribution in [0.4, 0.5) is 18.9 Å². The number of halogens is 4. The lowest BCUT2D eigenvalue weighted by Gasteiger charge is -2.34. The molecular weight excluding hydrogens is 375 g/mol. The van der Waals surface area contributed by atoms with Crippen LogP contribution in [-0.2, 0) is 20.5 Å². The summed E-state index contributed by atoms with van der Waals surface area (Å²) in [4.78, 5) is 27.3. The van der Waals surface area contributed by atoms with Crippen LogP contribution in [0.25, 0.3) is 0 Å². The molecule has 1 aliphatic rings. The van der Waals surface area contributed by atoms with Crippen LogP contribution >= 0.6 is 11.6 Å². The Kier molecular flexibility index (Phi) is 6.85. The Labute approximate surface area is 153 Å². The molecule has 0 bridgehead atoms. The standard InChI is InChI=1S/C16H19ClF3N3O3/c1-26-10-15(25)23-6-4-22(5-7-23)9-14(24)21-11-2-3-13(17)12(8-11)16(18,19)20/h2-3,8H,4-7,9-10H2,1H3,(H,21,24). The zero-order valence-electron chi connectivity index (χ0n) is 14.1. The van der Waals surface area contributed by atoms with Gasteiger partial charge in [-0.15, -0.1) is 0 Å². The summed E-state index contributed by atoms with van der Waals surface area (Å²) < 4.78 is 43.3. The van der Waals surface area contributed by atoms with Gasteiger partial charge in [0.15, 0.2) is 0 Å². The molecule has 1 heterocycles. The first-order valence-electron chi connectivity index (χ1n) is 7.86. The first kappa shape index (κ1) is 20.5. The summed E-state index contributed by atoms with van der Waals surface area (Å²) in [5.74, 6) is -0.547. The van der Waals surface area contributed by atoms with E-state index in [-0.39, 0.29) is 24.7 Å². The van der Waals surface area contributed by atoms with E-state index in [9.17, 15) is 22.8 Å². The number of nitrogens with one attached hydrogen (secondary N) is 1. The van der Waals surface area contributed by atoms with E-state index in [1.54, 1.807) is 4.90 Å². The number of nitrogens with zero attached hydrogens (tertiary/aromatic N) is 2. The van der Waals surface area contributed by atoms with Crippen LogP contribution in [0.3, 0.4) is 0 Å². The van der Waals surface area contributed by atoms with Gasteiger partial charge in [-0.05, 0) is 18.2 Å². The van der Waals surface area contributed by atoms with Gasteiger partial charge in [0.25, 0.3) is 0 Å². The summed E-state index contributed by atoms with van der Waals surface area (Å²) in [7, 11) is 1.44. The predicted molar refractivity (Wildman–Crippen MR) is 90.0 cm³/mol. The van der Waals surface area contributed by atoms with Gasteiger partial charge in [-0.1, -0.05) is 11.6 Å². The van der Waals surface area contributed by atoms with E-state index in [1.165, 1.54) is 13.2 Å². The molecule has 1 aromatic rings. The van der Waals surface area contributed by atoms with Gasteiger partial charge in [0.05, 0.1) is 17.1 Å². The Bertz CT molecular complexity index is 662. The fraction of sp³-hybridized carbons (Fsp3) is 0.500. The number of hydrogen-bond donors (Lipinski definition) is 1. The number of piperazine rings is 1. The average Bonchev–Trinajstić information content (AvgIpc) is 2.56. The lowest BCUT2D eigenvalue weighted by atomic mass is 10.2. The second kappa shape index (κ2) is 8.70. The van der Waals surface area contributed by atoms with Crippen LogP contribution in [0.2, 0.25) is 5.02 Å². The SMILES string of the molecule is COCC(=O)N1CCN(CC(=O)Nc2ccc(Cl)c(C(F)(F)F)c2)CC1. The summed E-state index contributed by atoms with van der Waals surface area (Å²) in [5, 5.41) is 2.02. The van der Waals surface area contributed by atoms with Crippen LogP contribution in [-0.4, -0.2) is 68.1 Å². The third-order valence-corrected chi connectivity index (χ3v) is 4.25. The van der Waals surface area contributed by atoms with Crippen LogP contribution in [0.15, 0.2) is 18.2 Å². The molecule has 0 unspecified atom stereocenters. The molecule has 0 atom stereocenters. The molecule has 0 aromatic heterocycles. The van der Waals surface area contributed by atoms with E-state index in [1.807, 2.05) is 4.90 Å². The zero-order chi connectivity index (χ0) is 19.3. The summed E-state index contributed by atoms with van der Waals surface area (Å²) in [6, 6.07) is 3.22. The number of anilines is 1. The van der Waals surface area contributed by atoms with Gasteiger partial charge in [0.1, 0.15) is 6.61 Å². The average molecular weight is 394 g/mol. The third-order valence-electron chi connectivity index (χ3n) is 3.92. The molecule has 26 heavy (non-hydrogen) atoms. The highest BCUT2D eigenvalue weighted by molar-refractivity contribution is 6.31. The summed E-state index contributed by atoms with van der Waals surface area (Å²) in [6.45, 7) is 1.97. The number of hydrogen-bond acceptors (Lipinski definition) is 4. The van der Waals surface area contributed by atoms with Crippen molar-refractivity contribution >= 4 is 29.1 Å². The topological polar surface area (TPSA) is 61.9 Å². The van der Waals surface area contributed by atoms with Gasteiger partial charge in [0.2, 0.25) is 11.8 Å². The van der Waals surface area contributed by atoms with Crippen LogP contribution in [0.1, 0.15) is 5.56 Å². The molecule has 10 heteroatoms. The summed E-state index contributed by atoms with van der Waals surface area (Å²) in [5.41, 5.74) is -0.970. The Balaban J connectivity index is 1.87. The molecule has 1 fully saturated rings.